The Balaban J connectivity index is 2.86. The number of rotatable bonds is 8. The van der Waals surface area contributed by atoms with E-state index >= 15 is 0 Å². The molecule has 12 heavy (non-hydrogen) atoms. The number of hydrogen-bond donors (Lipinski definition) is 1. The van der Waals surface area contributed by atoms with Crippen LogP contribution in [0.15, 0.2) is 0 Å². The lowest BCUT2D eigenvalue weighted by Gasteiger charge is -1.98. The molecule has 0 aromatic rings. The van der Waals surface area contributed by atoms with E-state index in [4.69, 9.17) is 17.3 Å². The zero-order valence-electron chi connectivity index (χ0n) is 7.52. The lowest BCUT2D eigenvalue weighted by molar-refractivity contribution is -0.118. The lowest BCUT2D eigenvalue weighted by Crippen LogP contribution is -2.09. The zero-order valence-corrected chi connectivity index (χ0v) is 8.28. The monoisotopic (exact) mass is 191 g/mol. The fraction of sp³-hybridized carbons (Fsp3) is 0.889. The molecule has 1 amide bonds. The first kappa shape index (κ1) is 11.8. The second-order valence-electron chi connectivity index (χ2n) is 3.03. The molecule has 0 saturated carbocycles. The summed E-state index contributed by atoms with van der Waals surface area (Å²) in [7, 11) is 0. The summed E-state index contributed by atoms with van der Waals surface area (Å²) in [5, 5.41) is 0. The molecular weight excluding hydrogens is 174 g/mol. The summed E-state index contributed by atoms with van der Waals surface area (Å²) in [5.74, 6) is 0.581. The normalized spacial score (nSPS) is 10.1. The zero-order chi connectivity index (χ0) is 9.23. The fourth-order valence-electron chi connectivity index (χ4n) is 1.10. The second kappa shape index (κ2) is 8.85. The quantitative estimate of drug-likeness (QED) is 0.465. The molecule has 2 N–H and O–H groups in total. The van der Waals surface area contributed by atoms with Gasteiger partial charge in [-0.25, -0.2) is 0 Å². The van der Waals surface area contributed by atoms with E-state index in [9.17, 15) is 4.79 Å². The number of primary amides is 1. The van der Waals surface area contributed by atoms with Gasteiger partial charge in [0, 0.05) is 12.3 Å². The summed E-state index contributed by atoms with van der Waals surface area (Å²) >= 11 is 5.52. The van der Waals surface area contributed by atoms with E-state index in [1.807, 2.05) is 0 Å². The molecule has 3 heteroatoms. The summed E-state index contributed by atoms with van der Waals surface area (Å²) in [6.45, 7) is 0. The average Bonchev–Trinajstić information content (AvgIpc) is 2.02. The van der Waals surface area contributed by atoms with Gasteiger partial charge in [0.05, 0.1) is 0 Å². The van der Waals surface area contributed by atoms with Crippen LogP contribution in [0.2, 0.25) is 0 Å². The molecule has 0 fully saturated rings. The van der Waals surface area contributed by atoms with Gasteiger partial charge in [-0.05, 0) is 12.8 Å². The molecule has 0 aliphatic rings. The summed E-state index contributed by atoms with van der Waals surface area (Å²) in [4.78, 5) is 10.3. The number of hydrogen-bond acceptors (Lipinski definition) is 1. The van der Waals surface area contributed by atoms with Crippen molar-refractivity contribution in [1.29, 1.82) is 0 Å². The first-order valence-electron chi connectivity index (χ1n) is 4.61. The largest absolute Gasteiger partial charge is 0.370 e. The third-order valence-corrected chi connectivity index (χ3v) is 2.07. The number of amides is 1. The van der Waals surface area contributed by atoms with Gasteiger partial charge in [-0.3, -0.25) is 4.79 Å². The van der Waals surface area contributed by atoms with E-state index < -0.39 is 0 Å². The predicted octanol–water partition coefficient (Wildman–Crippen LogP) is 2.44. The molecule has 0 radical (unpaired) electrons. The molecule has 0 heterocycles. The SMILES string of the molecule is NC(=O)CCCCCCCCCl. The number of alkyl halides is 1. The van der Waals surface area contributed by atoms with Gasteiger partial charge < -0.3 is 5.73 Å². The van der Waals surface area contributed by atoms with Crippen LogP contribution >= 0.6 is 11.6 Å². The highest BCUT2D eigenvalue weighted by molar-refractivity contribution is 6.17. The topological polar surface area (TPSA) is 43.1 Å². The minimum atomic E-state index is -0.184. The van der Waals surface area contributed by atoms with Crippen LogP contribution in [0.25, 0.3) is 0 Å². The van der Waals surface area contributed by atoms with E-state index in [0.717, 1.165) is 25.1 Å². The van der Waals surface area contributed by atoms with E-state index in [2.05, 4.69) is 0 Å². The van der Waals surface area contributed by atoms with E-state index in [-0.39, 0.29) is 5.91 Å². The number of halogens is 1. The summed E-state index contributed by atoms with van der Waals surface area (Å²) in [5.41, 5.74) is 5.00. The molecule has 0 bridgehead atoms. The maximum atomic E-state index is 10.3. The molecule has 0 rings (SSSR count). The molecule has 0 unspecified atom stereocenters. The Bertz CT molecular complexity index is 117. The summed E-state index contributed by atoms with van der Waals surface area (Å²) in [6, 6.07) is 0. The number of carbonyl (C=O) groups excluding carboxylic acids is 1. The summed E-state index contributed by atoms with van der Waals surface area (Å²) in [6.07, 6.45) is 7.34. The van der Waals surface area contributed by atoms with Gasteiger partial charge in [-0.2, -0.15) is 0 Å². The molecule has 0 saturated heterocycles. The molecule has 0 aliphatic heterocycles. The minimum absolute atomic E-state index is 0.184. The van der Waals surface area contributed by atoms with Crippen molar-refractivity contribution < 1.29 is 4.79 Å². The fourth-order valence-corrected chi connectivity index (χ4v) is 1.29. The van der Waals surface area contributed by atoms with Crippen LogP contribution in [0.1, 0.15) is 44.9 Å². The third-order valence-electron chi connectivity index (χ3n) is 1.81. The van der Waals surface area contributed by atoms with Crippen LogP contribution in [0.5, 0.6) is 0 Å². The van der Waals surface area contributed by atoms with Gasteiger partial charge >= 0.3 is 0 Å². The Morgan fingerprint density at radius 2 is 1.50 bits per heavy atom. The Morgan fingerprint density at radius 1 is 1.00 bits per heavy atom. The summed E-state index contributed by atoms with van der Waals surface area (Å²) < 4.78 is 0. The molecule has 0 atom stereocenters. The van der Waals surface area contributed by atoms with Gasteiger partial charge in [0.25, 0.3) is 0 Å². The van der Waals surface area contributed by atoms with Crippen LogP contribution < -0.4 is 5.73 Å². The van der Waals surface area contributed by atoms with Gasteiger partial charge in [0.1, 0.15) is 0 Å². The van der Waals surface area contributed by atoms with Crippen molar-refractivity contribution >= 4 is 17.5 Å². The second-order valence-corrected chi connectivity index (χ2v) is 3.40. The van der Waals surface area contributed by atoms with Crippen molar-refractivity contribution in [2.45, 2.75) is 44.9 Å². The first-order chi connectivity index (χ1) is 5.77. The van der Waals surface area contributed by atoms with Crippen LogP contribution in [-0.2, 0) is 4.79 Å². The highest BCUT2D eigenvalue weighted by Crippen LogP contribution is 2.07. The third kappa shape index (κ3) is 9.76. The highest BCUT2D eigenvalue weighted by atomic mass is 35.5. The Kier molecular flexibility index (Phi) is 8.68. The van der Waals surface area contributed by atoms with E-state index in [0.29, 0.717) is 6.42 Å². The Labute approximate surface area is 79.5 Å². The number of unbranched alkanes of at least 4 members (excludes halogenated alkanes) is 5. The molecule has 0 aliphatic carbocycles. The van der Waals surface area contributed by atoms with Gasteiger partial charge in [0.2, 0.25) is 5.91 Å². The minimum Gasteiger partial charge on any atom is -0.370 e. The average molecular weight is 192 g/mol. The first-order valence-corrected chi connectivity index (χ1v) is 5.15. The predicted molar refractivity (Wildman–Crippen MR) is 52.2 cm³/mol. The van der Waals surface area contributed by atoms with Crippen LogP contribution in [-0.4, -0.2) is 11.8 Å². The molecular formula is C9H18ClNO. The molecule has 72 valence electrons. The maximum Gasteiger partial charge on any atom is 0.217 e. The molecule has 2 nitrogen and oxygen atoms in total. The van der Waals surface area contributed by atoms with Crippen molar-refractivity contribution in [3.63, 3.8) is 0 Å². The van der Waals surface area contributed by atoms with Crippen molar-refractivity contribution in [3.8, 4) is 0 Å². The van der Waals surface area contributed by atoms with Crippen molar-refractivity contribution in [2.75, 3.05) is 5.88 Å². The lowest BCUT2D eigenvalue weighted by atomic mass is 10.1. The van der Waals surface area contributed by atoms with Gasteiger partial charge in [0.15, 0.2) is 0 Å². The van der Waals surface area contributed by atoms with Crippen LogP contribution in [0, 0.1) is 0 Å². The smallest absolute Gasteiger partial charge is 0.217 e. The highest BCUT2D eigenvalue weighted by Gasteiger charge is 1.94. The van der Waals surface area contributed by atoms with Gasteiger partial charge in [-0.1, -0.05) is 25.7 Å². The molecule has 0 aromatic carbocycles. The van der Waals surface area contributed by atoms with E-state index in [1.54, 1.807) is 0 Å². The van der Waals surface area contributed by atoms with Gasteiger partial charge in [-0.15, -0.1) is 11.6 Å². The van der Waals surface area contributed by atoms with E-state index in [1.165, 1.54) is 19.3 Å². The van der Waals surface area contributed by atoms with Crippen LogP contribution in [0.3, 0.4) is 0 Å². The Morgan fingerprint density at radius 3 is 2.00 bits per heavy atom. The number of nitrogens with two attached hydrogens (primary N) is 1. The van der Waals surface area contributed by atoms with Crippen molar-refractivity contribution in [3.05, 3.63) is 0 Å². The standard InChI is InChI=1S/C9H18ClNO/c10-8-6-4-2-1-3-5-7-9(11)12/h1-8H2,(H2,11,12). The number of carbonyl (C=O) groups is 1. The Hall–Kier alpha value is -0.240. The molecule has 0 aromatic heterocycles. The van der Waals surface area contributed by atoms with Crippen LogP contribution in [0.4, 0.5) is 0 Å². The van der Waals surface area contributed by atoms with Crippen molar-refractivity contribution in [1.82, 2.24) is 0 Å². The van der Waals surface area contributed by atoms with Crippen molar-refractivity contribution in [2.24, 2.45) is 5.73 Å². The molecule has 0 spiro atoms. The maximum absolute atomic E-state index is 10.3.